The predicted octanol–water partition coefficient (Wildman–Crippen LogP) is 2.88. The third kappa shape index (κ3) is 2.27. The van der Waals surface area contributed by atoms with Gasteiger partial charge >= 0.3 is 0 Å². The lowest BCUT2D eigenvalue weighted by molar-refractivity contribution is 0.934. The molecule has 1 rings (SSSR count). The number of anilines is 1. The van der Waals surface area contributed by atoms with Gasteiger partial charge in [0.1, 0.15) is 0 Å². The fourth-order valence-corrected chi connectivity index (χ4v) is 0.758. The predicted molar refractivity (Wildman–Crippen MR) is 44.6 cm³/mol. The Kier molecular flexibility index (Phi) is 3.88. The minimum absolute atomic E-state index is 0. The second-order valence-corrected chi connectivity index (χ2v) is 2.27. The van der Waals surface area contributed by atoms with Crippen LogP contribution in [0.3, 0.4) is 0 Å². The maximum Gasteiger partial charge on any atom is 0.0812 e. The van der Waals surface area contributed by atoms with E-state index < -0.39 is 0 Å². The summed E-state index contributed by atoms with van der Waals surface area (Å²) in [6.45, 7) is 0. The van der Waals surface area contributed by atoms with Crippen LogP contribution in [0.15, 0.2) is 29.2 Å². The Morgan fingerprint density at radius 1 is 1.20 bits per heavy atom. The smallest absolute Gasteiger partial charge is 0.0812 e. The van der Waals surface area contributed by atoms with Crippen LogP contribution in [0.4, 0.5) is 9.57 Å². The fourth-order valence-electron chi connectivity index (χ4n) is 0.519. The molecular formula is C7H10FNS. The number of hydrogen-bond donors (Lipinski definition) is 1. The van der Waals surface area contributed by atoms with Crippen LogP contribution in [0.2, 0.25) is 0 Å². The molecule has 0 bridgehead atoms. The first-order valence-electron chi connectivity index (χ1n) is 2.47. The van der Waals surface area contributed by atoms with Gasteiger partial charge in [0.15, 0.2) is 0 Å². The lowest BCUT2D eigenvalue weighted by Crippen LogP contribution is -1.81. The molecule has 0 aliphatic heterocycles. The molecule has 0 amide bonds. The van der Waals surface area contributed by atoms with Crippen LogP contribution in [0.25, 0.3) is 0 Å². The normalized spacial score (nSPS) is 8.50. The number of benzene rings is 1. The van der Waals surface area contributed by atoms with Crippen molar-refractivity contribution in [1.29, 1.82) is 0 Å². The third-order valence-corrected chi connectivity index (χ3v) is 1.42. The molecule has 0 heterocycles. The molecule has 2 N–H and O–H groups in total. The Balaban J connectivity index is 0.000000810. The van der Waals surface area contributed by atoms with Crippen molar-refractivity contribution in [3.8, 4) is 0 Å². The van der Waals surface area contributed by atoms with Gasteiger partial charge in [-0.15, -0.1) is 0 Å². The number of rotatable bonds is 1. The highest BCUT2D eigenvalue weighted by Crippen LogP contribution is 2.18. The van der Waals surface area contributed by atoms with E-state index >= 15 is 0 Å². The highest BCUT2D eigenvalue weighted by atomic mass is 32.2. The van der Waals surface area contributed by atoms with Gasteiger partial charge in [-0.05, 0) is 24.3 Å². The molecule has 1 aromatic rings. The summed E-state index contributed by atoms with van der Waals surface area (Å²) in [6, 6.07) is 6.61. The van der Waals surface area contributed by atoms with Crippen molar-refractivity contribution in [2.75, 3.05) is 5.73 Å². The zero-order valence-electron chi connectivity index (χ0n) is 4.67. The van der Waals surface area contributed by atoms with Gasteiger partial charge in [0, 0.05) is 10.6 Å². The largest absolute Gasteiger partial charge is 0.399 e. The van der Waals surface area contributed by atoms with Crippen LogP contribution >= 0.6 is 12.1 Å². The van der Waals surface area contributed by atoms with E-state index in [-0.39, 0.29) is 19.6 Å². The van der Waals surface area contributed by atoms with Gasteiger partial charge in [-0.25, -0.2) is 0 Å². The molecule has 0 radical (unpaired) electrons. The van der Waals surface area contributed by atoms with Crippen LogP contribution in [0, 0.1) is 0 Å². The molecule has 0 aromatic heterocycles. The average molecular weight is 159 g/mol. The Bertz CT molecular complexity index is 185. The fraction of sp³-hybridized carbons (Fsp3) is 0.143. The van der Waals surface area contributed by atoms with E-state index in [4.69, 9.17) is 5.73 Å². The standard InChI is InChI=1S/C6H6FNS.CH4/c7-9-6-3-1-5(8)2-4-6;/h1-4H,8H2;1H4. The van der Waals surface area contributed by atoms with Crippen LogP contribution in [0.5, 0.6) is 0 Å². The van der Waals surface area contributed by atoms with Crippen molar-refractivity contribution < 1.29 is 3.89 Å². The van der Waals surface area contributed by atoms with Gasteiger partial charge in [0.25, 0.3) is 0 Å². The highest BCUT2D eigenvalue weighted by Gasteiger charge is 1.89. The summed E-state index contributed by atoms with van der Waals surface area (Å²) in [5, 5.41) is 0. The molecule has 56 valence electrons. The average Bonchev–Trinajstić information content (AvgIpc) is 1.90. The summed E-state index contributed by atoms with van der Waals surface area (Å²) >= 11 is 0.222. The monoisotopic (exact) mass is 159 g/mol. The maximum absolute atomic E-state index is 11.7. The Labute approximate surface area is 64.7 Å². The van der Waals surface area contributed by atoms with E-state index in [1.54, 1.807) is 24.3 Å². The summed E-state index contributed by atoms with van der Waals surface area (Å²) < 4.78 is 11.7. The van der Waals surface area contributed by atoms with E-state index in [1.807, 2.05) is 0 Å². The second kappa shape index (κ2) is 4.17. The van der Waals surface area contributed by atoms with Crippen molar-refractivity contribution in [1.82, 2.24) is 0 Å². The van der Waals surface area contributed by atoms with Gasteiger partial charge in [0.2, 0.25) is 0 Å². The minimum atomic E-state index is 0. The first-order chi connectivity index (χ1) is 4.33. The summed E-state index contributed by atoms with van der Waals surface area (Å²) in [4.78, 5) is 0.587. The third-order valence-electron chi connectivity index (χ3n) is 0.969. The van der Waals surface area contributed by atoms with Crippen LogP contribution in [0.1, 0.15) is 7.43 Å². The number of halogens is 1. The molecule has 0 unspecified atom stereocenters. The van der Waals surface area contributed by atoms with Crippen LogP contribution < -0.4 is 5.73 Å². The summed E-state index contributed by atoms with van der Waals surface area (Å²) in [7, 11) is 0. The first kappa shape index (κ1) is 9.30. The molecule has 1 aromatic carbocycles. The van der Waals surface area contributed by atoms with Crippen molar-refractivity contribution >= 4 is 17.8 Å². The van der Waals surface area contributed by atoms with E-state index in [0.29, 0.717) is 10.6 Å². The zero-order chi connectivity index (χ0) is 6.69. The van der Waals surface area contributed by atoms with Gasteiger partial charge in [-0.3, -0.25) is 0 Å². The molecule has 0 spiro atoms. The van der Waals surface area contributed by atoms with E-state index in [0.717, 1.165) is 0 Å². The highest BCUT2D eigenvalue weighted by molar-refractivity contribution is 7.94. The lowest BCUT2D eigenvalue weighted by atomic mass is 10.3. The van der Waals surface area contributed by atoms with Crippen molar-refractivity contribution in [2.24, 2.45) is 0 Å². The van der Waals surface area contributed by atoms with Crippen molar-refractivity contribution in [2.45, 2.75) is 12.3 Å². The van der Waals surface area contributed by atoms with Gasteiger partial charge in [-0.1, -0.05) is 7.43 Å². The summed E-state index contributed by atoms with van der Waals surface area (Å²) in [5.41, 5.74) is 6.01. The molecule has 3 heteroatoms. The van der Waals surface area contributed by atoms with Gasteiger partial charge in [-0.2, -0.15) is 3.89 Å². The van der Waals surface area contributed by atoms with E-state index in [9.17, 15) is 3.89 Å². The summed E-state index contributed by atoms with van der Waals surface area (Å²) in [6.07, 6.45) is 0. The quantitative estimate of drug-likeness (QED) is 0.637. The van der Waals surface area contributed by atoms with Crippen LogP contribution in [-0.4, -0.2) is 0 Å². The SMILES string of the molecule is C.Nc1ccc(SF)cc1. The molecule has 0 saturated carbocycles. The van der Waals surface area contributed by atoms with Gasteiger partial charge < -0.3 is 5.73 Å². The summed E-state index contributed by atoms with van der Waals surface area (Å²) in [5.74, 6) is 0. The molecule has 1 nitrogen and oxygen atoms in total. The number of nitrogen functional groups attached to an aromatic ring is 1. The Morgan fingerprint density at radius 2 is 1.70 bits per heavy atom. The topological polar surface area (TPSA) is 26.0 Å². The van der Waals surface area contributed by atoms with Crippen LogP contribution in [-0.2, 0) is 0 Å². The molecule has 0 fully saturated rings. The molecule has 10 heavy (non-hydrogen) atoms. The molecular weight excluding hydrogens is 149 g/mol. The first-order valence-corrected chi connectivity index (χ1v) is 3.19. The molecule has 0 saturated heterocycles. The molecule has 0 aliphatic carbocycles. The Hall–Kier alpha value is -0.700. The van der Waals surface area contributed by atoms with E-state index in [1.165, 1.54) is 0 Å². The maximum atomic E-state index is 11.7. The minimum Gasteiger partial charge on any atom is -0.399 e. The lowest BCUT2D eigenvalue weighted by Gasteiger charge is -1.91. The second-order valence-electron chi connectivity index (χ2n) is 1.65. The zero-order valence-corrected chi connectivity index (χ0v) is 5.49. The van der Waals surface area contributed by atoms with Crippen molar-refractivity contribution in [3.63, 3.8) is 0 Å². The van der Waals surface area contributed by atoms with Crippen molar-refractivity contribution in [3.05, 3.63) is 24.3 Å². The molecule has 0 aliphatic rings. The number of hydrogen-bond acceptors (Lipinski definition) is 2. The Morgan fingerprint density at radius 3 is 2.10 bits per heavy atom. The van der Waals surface area contributed by atoms with E-state index in [2.05, 4.69) is 0 Å². The van der Waals surface area contributed by atoms with Gasteiger partial charge in [0.05, 0.1) is 12.1 Å². The molecule has 0 atom stereocenters. The number of nitrogens with two attached hydrogens (primary N) is 1.